The van der Waals surface area contributed by atoms with Crippen molar-refractivity contribution in [2.24, 2.45) is 11.7 Å². The van der Waals surface area contributed by atoms with Crippen LogP contribution in [0.2, 0.25) is 0 Å². The zero-order valence-electron chi connectivity index (χ0n) is 13.7. The predicted octanol–water partition coefficient (Wildman–Crippen LogP) is -1.73. The summed E-state index contributed by atoms with van der Waals surface area (Å²) in [6.45, 7) is 2.92. The van der Waals surface area contributed by atoms with Crippen LogP contribution in [0.3, 0.4) is 0 Å². The highest BCUT2D eigenvalue weighted by Crippen LogP contribution is 2.07. The van der Waals surface area contributed by atoms with E-state index in [4.69, 9.17) is 21.1 Å². The molecule has 0 bridgehead atoms. The van der Waals surface area contributed by atoms with Gasteiger partial charge in [-0.3, -0.25) is 14.4 Å². The first-order valence-electron chi connectivity index (χ1n) is 7.50. The third kappa shape index (κ3) is 8.44. The van der Waals surface area contributed by atoms with Gasteiger partial charge in [0.15, 0.2) is 0 Å². The Morgan fingerprint density at radius 2 is 1.54 bits per heavy atom. The summed E-state index contributed by atoms with van der Waals surface area (Å²) < 4.78 is 0. The molecule has 0 spiro atoms. The van der Waals surface area contributed by atoms with Gasteiger partial charge >= 0.3 is 11.9 Å². The number of carboxylic acids is 2. The van der Waals surface area contributed by atoms with Crippen molar-refractivity contribution in [2.45, 2.75) is 51.2 Å². The van der Waals surface area contributed by atoms with Gasteiger partial charge in [-0.25, -0.2) is 4.79 Å². The Hall–Kier alpha value is -2.20. The van der Waals surface area contributed by atoms with E-state index in [0.29, 0.717) is 0 Å². The number of hydrogen-bond acceptors (Lipinski definition) is 6. The molecule has 0 aromatic carbocycles. The number of carbonyl (C=O) groups is 4. The number of nitrogens with two attached hydrogens (primary N) is 1. The molecule has 2 amide bonds. The maximum atomic E-state index is 12.2. The summed E-state index contributed by atoms with van der Waals surface area (Å²) in [6.07, 6.45) is -0.468. The molecular weight excluding hydrogens is 322 g/mol. The fraction of sp³-hybridized carbons (Fsp3) is 0.714. The number of amides is 2. The summed E-state index contributed by atoms with van der Waals surface area (Å²) in [5, 5.41) is 31.2. The lowest BCUT2D eigenvalue weighted by molar-refractivity contribution is -0.143. The Morgan fingerprint density at radius 3 is 1.96 bits per heavy atom. The van der Waals surface area contributed by atoms with Crippen molar-refractivity contribution >= 4 is 23.8 Å². The molecule has 0 rings (SSSR count). The molecule has 0 aliphatic rings. The Balaban J connectivity index is 5.02. The lowest BCUT2D eigenvalue weighted by Gasteiger charge is -2.23. The fourth-order valence-electron chi connectivity index (χ4n) is 1.86. The van der Waals surface area contributed by atoms with Crippen LogP contribution >= 0.6 is 0 Å². The summed E-state index contributed by atoms with van der Waals surface area (Å²) >= 11 is 0. The zero-order chi connectivity index (χ0) is 18.9. The summed E-state index contributed by atoms with van der Waals surface area (Å²) in [6, 6.07) is -3.69. The van der Waals surface area contributed by atoms with Gasteiger partial charge in [0.25, 0.3) is 0 Å². The molecule has 10 nitrogen and oxygen atoms in total. The van der Waals surface area contributed by atoms with Gasteiger partial charge in [-0.2, -0.15) is 0 Å². The first-order chi connectivity index (χ1) is 11.1. The van der Waals surface area contributed by atoms with Crippen molar-refractivity contribution in [1.82, 2.24) is 10.6 Å². The van der Waals surface area contributed by atoms with Crippen molar-refractivity contribution in [3.05, 3.63) is 0 Å². The van der Waals surface area contributed by atoms with Crippen molar-refractivity contribution in [3.63, 3.8) is 0 Å². The molecule has 10 heteroatoms. The molecule has 24 heavy (non-hydrogen) atoms. The van der Waals surface area contributed by atoms with E-state index in [1.165, 1.54) is 0 Å². The highest BCUT2D eigenvalue weighted by molar-refractivity contribution is 5.92. The number of carbonyl (C=O) groups excluding carboxylic acids is 2. The van der Waals surface area contributed by atoms with Gasteiger partial charge in [-0.1, -0.05) is 13.8 Å². The second-order valence-corrected chi connectivity index (χ2v) is 5.81. The standard InChI is InChI=1S/C14H25N3O7/c1-7(2)5-10(14(23)24)17-13(22)9(3-4-11(19)20)16-12(21)8(15)6-18/h7-10,18H,3-6,15H2,1-2H3,(H,16,21)(H,17,22)(H,19,20)(H,23,24). The molecule has 0 aromatic heterocycles. The van der Waals surface area contributed by atoms with Gasteiger partial charge in [0, 0.05) is 6.42 Å². The Bertz CT molecular complexity index is 467. The molecule has 0 heterocycles. The Kier molecular flexibility index (Phi) is 9.58. The molecular formula is C14H25N3O7. The topological polar surface area (TPSA) is 179 Å². The second kappa shape index (κ2) is 10.6. The number of aliphatic hydroxyl groups is 1. The number of rotatable bonds is 11. The van der Waals surface area contributed by atoms with Crippen LogP contribution in [0.25, 0.3) is 0 Å². The van der Waals surface area contributed by atoms with Crippen LogP contribution in [-0.2, 0) is 19.2 Å². The van der Waals surface area contributed by atoms with Crippen LogP contribution in [0.1, 0.15) is 33.1 Å². The predicted molar refractivity (Wildman–Crippen MR) is 82.9 cm³/mol. The number of aliphatic hydroxyl groups excluding tert-OH is 1. The smallest absolute Gasteiger partial charge is 0.326 e. The normalized spacial score (nSPS) is 14.5. The minimum absolute atomic E-state index is 0.00118. The van der Waals surface area contributed by atoms with Gasteiger partial charge in [0.1, 0.15) is 18.1 Å². The molecule has 0 fully saturated rings. The van der Waals surface area contributed by atoms with Crippen molar-refractivity contribution in [1.29, 1.82) is 0 Å². The fourth-order valence-corrected chi connectivity index (χ4v) is 1.86. The van der Waals surface area contributed by atoms with Crippen LogP contribution in [0, 0.1) is 5.92 Å². The second-order valence-electron chi connectivity index (χ2n) is 5.81. The number of hydrogen-bond donors (Lipinski definition) is 6. The van der Waals surface area contributed by atoms with Crippen LogP contribution in [0.15, 0.2) is 0 Å². The lowest BCUT2D eigenvalue weighted by Crippen LogP contribution is -2.55. The molecule has 0 aliphatic carbocycles. The molecule has 0 aliphatic heterocycles. The summed E-state index contributed by atoms with van der Waals surface area (Å²) in [4.78, 5) is 45.8. The molecule has 3 unspecified atom stereocenters. The van der Waals surface area contributed by atoms with E-state index in [1.54, 1.807) is 13.8 Å². The monoisotopic (exact) mass is 347 g/mol. The molecule has 0 aromatic rings. The highest BCUT2D eigenvalue weighted by Gasteiger charge is 2.28. The van der Waals surface area contributed by atoms with Crippen LogP contribution in [-0.4, -0.2) is 63.8 Å². The average molecular weight is 347 g/mol. The van der Waals surface area contributed by atoms with E-state index in [-0.39, 0.29) is 18.8 Å². The van der Waals surface area contributed by atoms with Crippen LogP contribution in [0.5, 0.6) is 0 Å². The Morgan fingerprint density at radius 1 is 1.00 bits per heavy atom. The van der Waals surface area contributed by atoms with Gasteiger partial charge in [0.05, 0.1) is 6.61 Å². The molecule has 0 radical (unpaired) electrons. The molecule has 138 valence electrons. The van der Waals surface area contributed by atoms with E-state index < -0.39 is 54.9 Å². The van der Waals surface area contributed by atoms with Crippen molar-refractivity contribution < 1.29 is 34.5 Å². The minimum atomic E-state index is -1.27. The number of carboxylic acid groups (broad SMARTS) is 2. The van der Waals surface area contributed by atoms with Gasteiger partial charge in [-0.15, -0.1) is 0 Å². The molecule has 7 N–H and O–H groups in total. The van der Waals surface area contributed by atoms with E-state index in [2.05, 4.69) is 10.6 Å². The first-order valence-corrected chi connectivity index (χ1v) is 7.50. The van der Waals surface area contributed by atoms with Gasteiger partial charge in [-0.05, 0) is 18.8 Å². The average Bonchev–Trinajstić information content (AvgIpc) is 2.48. The van der Waals surface area contributed by atoms with Crippen LogP contribution in [0.4, 0.5) is 0 Å². The molecule has 0 saturated carbocycles. The maximum Gasteiger partial charge on any atom is 0.326 e. The molecule has 0 saturated heterocycles. The zero-order valence-corrected chi connectivity index (χ0v) is 13.7. The van der Waals surface area contributed by atoms with Crippen molar-refractivity contribution in [2.75, 3.05) is 6.61 Å². The maximum absolute atomic E-state index is 12.2. The largest absolute Gasteiger partial charge is 0.481 e. The van der Waals surface area contributed by atoms with Crippen molar-refractivity contribution in [3.8, 4) is 0 Å². The lowest BCUT2D eigenvalue weighted by atomic mass is 10.0. The third-order valence-corrected chi connectivity index (χ3v) is 3.14. The Labute approximate surface area is 139 Å². The summed E-state index contributed by atoms with van der Waals surface area (Å²) in [5.41, 5.74) is 5.33. The minimum Gasteiger partial charge on any atom is -0.481 e. The number of nitrogens with one attached hydrogen (secondary N) is 2. The SMILES string of the molecule is CC(C)CC(NC(=O)C(CCC(=O)O)NC(=O)C(N)CO)C(=O)O. The van der Waals surface area contributed by atoms with E-state index in [9.17, 15) is 19.2 Å². The van der Waals surface area contributed by atoms with Gasteiger partial charge < -0.3 is 31.7 Å². The quantitative estimate of drug-likeness (QED) is 0.255. The van der Waals surface area contributed by atoms with E-state index in [1.807, 2.05) is 0 Å². The first kappa shape index (κ1) is 21.8. The van der Waals surface area contributed by atoms with E-state index in [0.717, 1.165) is 0 Å². The highest BCUT2D eigenvalue weighted by atomic mass is 16.4. The molecule has 3 atom stereocenters. The number of aliphatic carboxylic acids is 2. The van der Waals surface area contributed by atoms with E-state index >= 15 is 0 Å². The summed E-state index contributed by atoms with van der Waals surface area (Å²) in [5.74, 6) is -4.05. The summed E-state index contributed by atoms with van der Waals surface area (Å²) in [7, 11) is 0. The van der Waals surface area contributed by atoms with Gasteiger partial charge in [0.2, 0.25) is 11.8 Å². The third-order valence-electron chi connectivity index (χ3n) is 3.14. The van der Waals surface area contributed by atoms with Crippen LogP contribution < -0.4 is 16.4 Å².